The molecule has 0 fully saturated rings. The molecule has 0 saturated heterocycles. The number of carbonyl (C=O) groups is 3. The average Bonchev–Trinajstić information content (AvgIpc) is 3.45. The van der Waals surface area contributed by atoms with Crippen LogP contribution in [0.4, 0.5) is 0 Å². The zero-order valence-electron chi connectivity index (χ0n) is 52.6. The van der Waals surface area contributed by atoms with Gasteiger partial charge in [0.25, 0.3) is 0 Å². The summed E-state index contributed by atoms with van der Waals surface area (Å²) in [7, 11) is 0. The summed E-state index contributed by atoms with van der Waals surface area (Å²) >= 11 is 0. The van der Waals surface area contributed by atoms with Crippen LogP contribution in [-0.4, -0.2) is 37.2 Å². The molecule has 0 rings (SSSR count). The van der Waals surface area contributed by atoms with Crippen LogP contribution in [0.25, 0.3) is 0 Å². The summed E-state index contributed by atoms with van der Waals surface area (Å²) in [6.45, 7) is 6.50. The Morgan fingerprint density at radius 3 is 0.835 bits per heavy atom. The number of carbonyl (C=O) groups excluding carboxylic acids is 3. The van der Waals surface area contributed by atoms with Gasteiger partial charge in [-0.3, -0.25) is 14.4 Å². The van der Waals surface area contributed by atoms with Crippen LogP contribution in [0.15, 0.2) is 72.9 Å². The summed E-state index contributed by atoms with van der Waals surface area (Å²) in [6.07, 6.45) is 88.0. The second-order valence-corrected chi connectivity index (χ2v) is 23.1. The quantitative estimate of drug-likeness (QED) is 0.0261. The summed E-state index contributed by atoms with van der Waals surface area (Å²) < 4.78 is 16.9. The van der Waals surface area contributed by atoms with Gasteiger partial charge in [0.2, 0.25) is 0 Å². The summed E-state index contributed by atoms with van der Waals surface area (Å²) in [5, 5.41) is 0. The summed E-state index contributed by atoms with van der Waals surface area (Å²) in [5.74, 6) is -0.872. The number of hydrogen-bond acceptors (Lipinski definition) is 6. The van der Waals surface area contributed by atoms with E-state index in [4.69, 9.17) is 14.2 Å². The van der Waals surface area contributed by atoms with Gasteiger partial charge >= 0.3 is 17.9 Å². The van der Waals surface area contributed by atoms with Crippen molar-refractivity contribution in [3.05, 3.63) is 72.9 Å². The van der Waals surface area contributed by atoms with E-state index < -0.39 is 6.10 Å². The van der Waals surface area contributed by atoms with Crippen LogP contribution >= 0.6 is 0 Å². The van der Waals surface area contributed by atoms with Gasteiger partial charge in [-0.15, -0.1) is 0 Å². The predicted molar refractivity (Wildman–Crippen MR) is 344 cm³/mol. The molecule has 0 spiro atoms. The Morgan fingerprint density at radius 1 is 0.266 bits per heavy atom. The van der Waals surface area contributed by atoms with E-state index >= 15 is 0 Å². The SMILES string of the molecule is CC/C=C\C/C=C\C/C=C\C/C=C\CCCCCCCCCCCCCCCCCCCCCCC(=O)OCC(COC(=O)CCCCCCC/C=C\CCC)OC(=O)CCCCCCCCC/C=C\CCCCCCCCC. The minimum atomic E-state index is -0.778. The smallest absolute Gasteiger partial charge is 0.306 e. The second kappa shape index (κ2) is 67.4. The average molecular weight is 1100 g/mol. The molecule has 458 valence electrons. The van der Waals surface area contributed by atoms with Gasteiger partial charge in [-0.05, 0) is 103 Å². The fourth-order valence-electron chi connectivity index (χ4n) is 10.0. The Morgan fingerprint density at radius 2 is 0.519 bits per heavy atom. The lowest BCUT2D eigenvalue weighted by Gasteiger charge is -2.18. The fraction of sp³-hybridized carbons (Fsp3) is 0.795. The van der Waals surface area contributed by atoms with Gasteiger partial charge in [0, 0.05) is 19.3 Å². The van der Waals surface area contributed by atoms with Crippen molar-refractivity contribution in [2.24, 2.45) is 0 Å². The standard InChI is InChI=1S/C73H130O6/c1-4-7-10-13-16-19-22-24-26-28-30-31-32-33-34-35-36-37-38-39-40-41-42-43-44-46-47-49-51-54-57-60-63-66-72(75)78-69-70(68-77-71(74)65-62-59-56-53-21-18-15-12-9-6-3)79-73(76)67-64-61-58-55-52-50-48-45-29-27-25-23-20-17-14-11-8-5-2/h7,10,12,15-16,19,24,26-27,29-31,70H,4-6,8-9,11,13-14,17-18,20-23,25,28,32-69H2,1-3H3/b10-7-,15-12-,19-16-,26-24-,29-27-,31-30-. The van der Waals surface area contributed by atoms with Crippen molar-refractivity contribution < 1.29 is 28.6 Å². The number of unbranched alkanes of at least 4 members (excludes halogenated alkanes) is 40. The lowest BCUT2D eigenvalue weighted by Crippen LogP contribution is -2.30. The molecule has 0 aromatic rings. The maximum Gasteiger partial charge on any atom is 0.306 e. The van der Waals surface area contributed by atoms with Gasteiger partial charge in [-0.1, -0.05) is 306 Å². The van der Waals surface area contributed by atoms with E-state index in [0.29, 0.717) is 19.3 Å². The molecule has 0 aliphatic rings. The van der Waals surface area contributed by atoms with Crippen molar-refractivity contribution in [2.45, 2.75) is 361 Å². The molecule has 0 heterocycles. The summed E-state index contributed by atoms with van der Waals surface area (Å²) in [5.41, 5.74) is 0. The molecular weight excluding hydrogens is 973 g/mol. The third-order valence-corrected chi connectivity index (χ3v) is 15.1. The zero-order chi connectivity index (χ0) is 57.1. The Bertz CT molecular complexity index is 1450. The molecule has 79 heavy (non-hydrogen) atoms. The second-order valence-electron chi connectivity index (χ2n) is 23.1. The largest absolute Gasteiger partial charge is 0.462 e. The van der Waals surface area contributed by atoms with E-state index in [0.717, 1.165) is 96.3 Å². The van der Waals surface area contributed by atoms with Crippen LogP contribution in [0, 0.1) is 0 Å². The van der Waals surface area contributed by atoms with Gasteiger partial charge in [0.1, 0.15) is 13.2 Å². The number of ether oxygens (including phenoxy) is 3. The monoisotopic (exact) mass is 1100 g/mol. The molecule has 0 aromatic heterocycles. The Hall–Kier alpha value is -3.15. The highest BCUT2D eigenvalue weighted by atomic mass is 16.6. The molecule has 6 heteroatoms. The third-order valence-electron chi connectivity index (χ3n) is 15.1. The first-order valence-corrected chi connectivity index (χ1v) is 34.4. The Balaban J connectivity index is 4.08. The van der Waals surface area contributed by atoms with Gasteiger partial charge in [0.15, 0.2) is 6.10 Å². The van der Waals surface area contributed by atoms with E-state index in [1.165, 1.54) is 218 Å². The molecule has 1 unspecified atom stereocenters. The molecule has 0 aliphatic carbocycles. The van der Waals surface area contributed by atoms with Crippen molar-refractivity contribution in [3.63, 3.8) is 0 Å². The van der Waals surface area contributed by atoms with Crippen LogP contribution < -0.4 is 0 Å². The van der Waals surface area contributed by atoms with Crippen molar-refractivity contribution >= 4 is 17.9 Å². The first kappa shape index (κ1) is 75.8. The molecule has 0 aromatic carbocycles. The number of hydrogen-bond donors (Lipinski definition) is 0. The molecule has 6 nitrogen and oxygen atoms in total. The van der Waals surface area contributed by atoms with Crippen LogP contribution in [-0.2, 0) is 28.6 Å². The van der Waals surface area contributed by atoms with Crippen molar-refractivity contribution in [1.29, 1.82) is 0 Å². The third kappa shape index (κ3) is 65.5. The topological polar surface area (TPSA) is 78.9 Å². The summed E-state index contributed by atoms with van der Waals surface area (Å²) in [6, 6.07) is 0. The van der Waals surface area contributed by atoms with Crippen molar-refractivity contribution in [2.75, 3.05) is 13.2 Å². The Labute approximate surface area is 491 Å². The van der Waals surface area contributed by atoms with Crippen molar-refractivity contribution in [3.8, 4) is 0 Å². The molecule has 0 aliphatic heterocycles. The van der Waals surface area contributed by atoms with Crippen LogP contribution in [0.5, 0.6) is 0 Å². The lowest BCUT2D eigenvalue weighted by molar-refractivity contribution is -0.167. The molecule has 1 atom stereocenters. The fourth-order valence-corrected chi connectivity index (χ4v) is 10.0. The zero-order valence-corrected chi connectivity index (χ0v) is 52.6. The maximum atomic E-state index is 12.9. The van der Waals surface area contributed by atoms with Crippen molar-refractivity contribution in [1.82, 2.24) is 0 Å². The van der Waals surface area contributed by atoms with Gasteiger partial charge < -0.3 is 14.2 Å². The lowest BCUT2D eigenvalue weighted by atomic mass is 10.0. The summed E-state index contributed by atoms with van der Waals surface area (Å²) in [4.78, 5) is 38.3. The molecular formula is C73H130O6. The van der Waals surface area contributed by atoms with E-state index in [-0.39, 0.29) is 31.1 Å². The highest BCUT2D eigenvalue weighted by Gasteiger charge is 2.19. The molecule has 0 amide bonds. The number of esters is 3. The van der Waals surface area contributed by atoms with E-state index in [1.807, 2.05) is 0 Å². The maximum absolute atomic E-state index is 12.9. The molecule has 0 radical (unpaired) electrons. The normalized spacial score (nSPS) is 12.5. The van der Waals surface area contributed by atoms with E-state index in [1.54, 1.807) is 0 Å². The van der Waals surface area contributed by atoms with E-state index in [2.05, 4.69) is 93.7 Å². The highest BCUT2D eigenvalue weighted by molar-refractivity contribution is 5.71. The molecule has 0 saturated carbocycles. The Kier molecular flexibility index (Phi) is 64.7. The van der Waals surface area contributed by atoms with Crippen LogP contribution in [0.1, 0.15) is 355 Å². The minimum absolute atomic E-state index is 0.0752. The van der Waals surface area contributed by atoms with Gasteiger partial charge in [-0.2, -0.15) is 0 Å². The number of rotatable bonds is 63. The van der Waals surface area contributed by atoms with Crippen LogP contribution in [0.3, 0.4) is 0 Å². The molecule has 0 bridgehead atoms. The molecule has 0 N–H and O–H groups in total. The highest BCUT2D eigenvalue weighted by Crippen LogP contribution is 2.18. The van der Waals surface area contributed by atoms with Gasteiger partial charge in [-0.25, -0.2) is 0 Å². The van der Waals surface area contributed by atoms with E-state index in [9.17, 15) is 14.4 Å². The van der Waals surface area contributed by atoms with Gasteiger partial charge in [0.05, 0.1) is 0 Å². The minimum Gasteiger partial charge on any atom is -0.462 e. The first-order valence-electron chi connectivity index (χ1n) is 34.4. The predicted octanol–water partition coefficient (Wildman–Crippen LogP) is 23.7. The van der Waals surface area contributed by atoms with Crippen LogP contribution in [0.2, 0.25) is 0 Å². The number of allylic oxidation sites excluding steroid dienone is 12. The first-order chi connectivity index (χ1) is 39.0.